The molecule has 8 heteroatoms. The first-order valence-electron chi connectivity index (χ1n) is 7.28. The summed E-state index contributed by atoms with van der Waals surface area (Å²) < 4.78 is 63.6. The quantitative estimate of drug-likeness (QED) is 0.894. The van der Waals surface area contributed by atoms with Gasteiger partial charge in [0.15, 0.2) is 11.5 Å². The van der Waals surface area contributed by atoms with Crippen molar-refractivity contribution in [1.82, 2.24) is 4.72 Å². The molecule has 0 amide bonds. The van der Waals surface area contributed by atoms with Gasteiger partial charge in [0.2, 0.25) is 10.0 Å². The highest BCUT2D eigenvalue weighted by Crippen LogP contribution is 2.30. The van der Waals surface area contributed by atoms with Crippen molar-refractivity contribution in [2.24, 2.45) is 0 Å². The Morgan fingerprint density at radius 2 is 1.62 bits per heavy atom. The lowest BCUT2D eigenvalue weighted by molar-refractivity contribution is 0.171. The van der Waals surface area contributed by atoms with Gasteiger partial charge in [-0.15, -0.1) is 0 Å². The Balaban J connectivity index is 1.65. The number of ether oxygens (including phenoxy) is 2. The molecule has 128 valence electrons. The zero-order valence-electron chi connectivity index (χ0n) is 12.6. The van der Waals surface area contributed by atoms with E-state index in [2.05, 4.69) is 4.72 Å². The molecule has 0 saturated carbocycles. The van der Waals surface area contributed by atoms with E-state index in [1.165, 1.54) is 0 Å². The van der Waals surface area contributed by atoms with E-state index in [0.717, 1.165) is 17.7 Å². The number of sulfonamides is 1. The van der Waals surface area contributed by atoms with Crippen LogP contribution in [0.4, 0.5) is 8.78 Å². The highest BCUT2D eigenvalue weighted by molar-refractivity contribution is 7.89. The fourth-order valence-corrected chi connectivity index (χ4v) is 3.41. The molecular weight excluding hydrogens is 340 g/mol. The fraction of sp³-hybridized carbons (Fsp3) is 0.250. The summed E-state index contributed by atoms with van der Waals surface area (Å²) in [5, 5.41) is 0. The minimum Gasteiger partial charge on any atom is -0.486 e. The van der Waals surface area contributed by atoms with Crippen molar-refractivity contribution in [3.8, 4) is 11.5 Å². The number of rotatable bonds is 5. The number of benzene rings is 2. The maximum Gasteiger partial charge on any atom is 0.240 e. The molecule has 0 aliphatic carbocycles. The molecular formula is C16H15F2NO4S. The van der Waals surface area contributed by atoms with Gasteiger partial charge in [0.1, 0.15) is 24.8 Å². The van der Waals surface area contributed by atoms with Gasteiger partial charge >= 0.3 is 0 Å². The van der Waals surface area contributed by atoms with E-state index in [-0.39, 0.29) is 6.54 Å². The number of hydrogen-bond acceptors (Lipinski definition) is 4. The lowest BCUT2D eigenvalue weighted by atomic mass is 10.1. The molecule has 1 N–H and O–H groups in total. The van der Waals surface area contributed by atoms with Crippen LogP contribution in [-0.2, 0) is 16.4 Å². The van der Waals surface area contributed by atoms with Crippen LogP contribution in [0.25, 0.3) is 0 Å². The third kappa shape index (κ3) is 3.82. The Morgan fingerprint density at radius 3 is 2.33 bits per heavy atom. The standard InChI is InChI=1S/C16H15F2NO4S/c17-12-8-13(18)10-14(9-12)24(20,21)19-4-3-11-1-2-15-16(7-11)23-6-5-22-15/h1-2,7-10,19H,3-6H2. The first-order chi connectivity index (χ1) is 11.4. The Hall–Kier alpha value is -2.19. The molecule has 5 nitrogen and oxygen atoms in total. The lowest BCUT2D eigenvalue weighted by Crippen LogP contribution is -2.26. The van der Waals surface area contributed by atoms with E-state index in [1.807, 2.05) is 6.07 Å². The molecule has 3 rings (SSSR count). The van der Waals surface area contributed by atoms with Crippen LogP contribution in [0.15, 0.2) is 41.3 Å². The van der Waals surface area contributed by atoms with Crippen molar-refractivity contribution in [2.45, 2.75) is 11.3 Å². The summed E-state index contributed by atoms with van der Waals surface area (Å²) in [6.45, 7) is 1.05. The molecule has 2 aromatic carbocycles. The second kappa shape index (κ2) is 6.74. The van der Waals surface area contributed by atoms with Crippen molar-refractivity contribution in [3.05, 3.63) is 53.6 Å². The Bertz CT molecular complexity index is 835. The van der Waals surface area contributed by atoms with Gasteiger partial charge in [0.05, 0.1) is 4.90 Å². The van der Waals surface area contributed by atoms with Crippen molar-refractivity contribution in [3.63, 3.8) is 0 Å². The van der Waals surface area contributed by atoms with Crippen molar-refractivity contribution in [1.29, 1.82) is 0 Å². The van der Waals surface area contributed by atoms with E-state index < -0.39 is 26.6 Å². The summed E-state index contributed by atoms with van der Waals surface area (Å²) in [5.41, 5.74) is 0.854. The highest BCUT2D eigenvalue weighted by Gasteiger charge is 2.16. The minimum atomic E-state index is -3.98. The molecule has 0 unspecified atom stereocenters. The molecule has 2 aromatic rings. The zero-order valence-corrected chi connectivity index (χ0v) is 13.4. The summed E-state index contributed by atoms with van der Waals surface area (Å²) in [7, 11) is -3.98. The first kappa shape index (κ1) is 16.7. The molecule has 0 fully saturated rings. The van der Waals surface area contributed by atoms with E-state index in [4.69, 9.17) is 9.47 Å². The first-order valence-corrected chi connectivity index (χ1v) is 8.77. The number of hydrogen-bond donors (Lipinski definition) is 1. The molecule has 0 saturated heterocycles. The van der Waals surface area contributed by atoms with E-state index in [1.54, 1.807) is 12.1 Å². The average molecular weight is 355 g/mol. The van der Waals surface area contributed by atoms with Gasteiger partial charge in [-0.1, -0.05) is 6.07 Å². The van der Waals surface area contributed by atoms with Crippen LogP contribution in [0, 0.1) is 11.6 Å². The summed E-state index contributed by atoms with van der Waals surface area (Å²) in [4.78, 5) is -0.442. The van der Waals surface area contributed by atoms with E-state index in [9.17, 15) is 17.2 Å². The maximum absolute atomic E-state index is 13.1. The smallest absolute Gasteiger partial charge is 0.240 e. The van der Waals surface area contributed by atoms with Gasteiger partial charge in [0.25, 0.3) is 0 Å². The third-order valence-electron chi connectivity index (χ3n) is 3.46. The van der Waals surface area contributed by atoms with Crippen LogP contribution in [0.5, 0.6) is 11.5 Å². The van der Waals surface area contributed by atoms with E-state index in [0.29, 0.717) is 37.2 Å². The van der Waals surface area contributed by atoms with Crippen molar-refractivity contribution in [2.75, 3.05) is 19.8 Å². The van der Waals surface area contributed by atoms with Crippen LogP contribution in [0.2, 0.25) is 0 Å². The molecule has 0 atom stereocenters. The Kier molecular flexibility index (Phi) is 4.68. The largest absolute Gasteiger partial charge is 0.486 e. The Labute approximate surface area is 138 Å². The van der Waals surface area contributed by atoms with Crippen LogP contribution < -0.4 is 14.2 Å². The van der Waals surface area contributed by atoms with Crippen molar-refractivity contribution >= 4 is 10.0 Å². The molecule has 0 spiro atoms. The van der Waals surface area contributed by atoms with Gasteiger partial charge in [-0.3, -0.25) is 0 Å². The van der Waals surface area contributed by atoms with Gasteiger partial charge < -0.3 is 9.47 Å². The number of fused-ring (bicyclic) bond motifs is 1. The van der Waals surface area contributed by atoms with Crippen LogP contribution in [0.3, 0.4) is 0 Å². The van der Waals surface area contributed by atoms with Crippen LogP contribution >= 0.6 is 0 Å². The molecule has 1 aliphatic rings. The normalized spacial score (nSPS) is 13.8. The molecule has 0 bridgehead atoms. The second-order valence-corrected chi connectivity index (χ2v) is 7.00. The topological polar surface area (TPSA) is 64.6 Å². The fourth-order valence-electron chi connectivity index (χ4n) is 2.34. The van der Waals surface area contributed by atoms with E-state index >= 15 is 0 Å². The summed E-state index contributed by atoms with van der Waals surface area (Å²) in [6.07, 6.45) is 0.396. The summed E-state index contributed by atoms with van der Waals surface area (Å²) in [6, 6.07) is 7.52. The van der Waals surface area contributed by atoms with Gasteiger partial charge in [0, 0.05) is 12.6 Å². The van der Waals surface area contributed by atoms with Gasteiger partial charge in [-0.05, 0) is 36.2 Å². The zero-order chi connectivity index (χ0) is 17.2. The monoisotopic (exact) mass is 355 g/mol. The van der Waals surface area contributed by atoms with Gasteiger partial charge in [-0.2, -0.15) is 0 Å². The third-order valence-corrected chi connectivity index (χ3v) is 4.90. The molecule has 1 heterocycles. The van der Waals surface area contributed by atoms with Crippen LogP contribution in [0.1, 0.15) is 5.56 Å². The molecule has 1 aliphatic heterocycles. The predicted octanol–water partition coefficient (Wildman–Crippen LogP) is 2.26. The van der Waals surface area contributed by atoms with Crippen LogP contribution in [-0.4, -0.2) is 28.2 Å². The average Bonchev–Trinajstić information content (AvgIpc) is 2.54. The minimum absolute atomic E-state index is 0.0834. The second-order valence-electron chi connectivity index (χ2n) is 5.23. The maximum atomic E-state index is 13.1. The molecule has 24 heavy (non-hydrogen) atoms. The molecule has 0 radical (unpaired) electrons. The highest BCUT2D eigenvalue weighted by atomic mass is 32.2. The number of halogens is 2. The summed E-state index contributed by atoms with van der Waals surface area (Å²) in [5.74, 6) is -0.612. The van der Waals surface area contributed by atoms with Gasteiger partial charge in [-0.25, -0.2) is 21.9 Å². The Morgan fingerprint density at radius 1 is 0.958 bits per heavy atom. The summed E-state index contributed by atoms with van der Waals surface area (Å²) >= 11 is 0. The lowest BCUT2D eigenvalue weighted by Gasteiger charge is -2.18. The number of nitrogens with one attached hydrogen (secondary N) is 1. The SMILES string of the molecule is O=S(=O)(NCCc1ccc2c(c1)OCCO2)c1cc(F)cc(F)c1. The molecule has 0 aromatic heterocycles. The predicted molar refractivity (Wildman–Crippen MR) is 82.7 cm³/mol. The van der Waals surface area contributed by atoms with Crippen molar-refractivity contribution < 1.29 is 26.7 Å².